The monoisotopic (exact) mass is 354 g/mol. The number of hydrogen-bond donors (Lipinski definition) is 3. The van der Waals surface area contributed by atoms with Crippen molar-refractivity contribution < 1.29 is 14.3 Å². The van der Waals surface area contributed by atoms with Crippen LogP contribution >= 0.6 is 0 Å². The lowest BCUT2D eigenvalue weighted by molar-refractivity contribution is 0.0600. The van der Waals surface area contributed by atoms with Gasteiger partial charge in [0, 0.05) is 30.9 Å². The van der Waals surface area contributed by atoms with Crippen molar-refractivity contribution in [2.24, 2.45) is 0 Å². The molecule has 0 fully saturated rings. The van der Waals surface area contributed by atoms with Gasteiger partial charge in [0.15, 0.2) is 0 Å². The molecule has 3 rings (SSSR count). The number of aryl methyl sites for hydroxylation is 1. The lowest BCUT2D eigenvalue weighted by atomic mass is 10.1. The summed E-state index contributed by atoms with van der Waals surface area (Å²) in [5, 5.41) is 8.84. The van der Waals surface area contributed by atoms with Crippen LogP contribution in [0.4, 0.5) is 16.3 Å². The summed E-state index contributed by atoms with van der Waals surface area (Å²) in [7, 11) is 1.33. The molecule has 0 saturated carbocycles. The highest BCUT2D eigenvalue weighted by atomic mass is 16.5. The number of methoxy groups -OCH3 is 1. The Labute approximate surface area is 152 Å². The van der Waals surface area contributed by atoms with E-state index in [0.29, 0.717) is 24.2 Å². The van der Waals surface area contributed by atoms with E-state index in [0.717, 1.165) is 30.9 Å². The topological polar surface area (TPSA) is 92.3 Å². The van der Waals surface area contributed by atoms with Crippen LogP contribution in [0.15, 0.2) is 36.4 Å². The number of hydrogen-bond acceptors (Lipinski definition) is 5. The molecule has 2 amide bonds. The molecular weight excluding hydrogens is 332 g/mol. The van der Waals surface area contributed by atoms with Gasteiger partial charge in [-0.1, -0.05) is 6.07 Å². The zero-order chi connectivity index (χ0) is 18.4. The van der Waals surface area contributed by atoms with E-state index >= 15 is 0 Å². The fourth-order valence-corrected chi connectivity index (χ4v) is 2.79. The summed E-state index contributed by atoms with van der Waals surface area (Å²) in [5.41, 5.74) is 3.23. The van der Waals surface area contributed by atoms with E-state index < -0.39 is 5.97 Å². The van der Waals surface area contributed by atoms with Gasteiger partial charge in [0.25, 0.3) is 0 Å². The predicted octanol–water partition coefficient (Wildman–Crippen LogP) is 2.59. The summed E-state index contributed by atoms with van der Waals surface area (Å²) in [5.74, 6) is 0.553. The van der Waals surface area contributed by atoms with E-state index in [4.69, 9.17) is 0 Å². The quantitative estimate of drug-likeness (QED) is 0.718. The first-order valence-corrected chi connectivity index (χ1v) is 8.61. The highest BCUT2D eigenvalue weighted by Crippen LogP contribution is 2.19. The second-order valence-electron chi connectivity index (χ2n) is 6.04. The standard InChI is InChI=1S/C19H22N4O3/c1-26-18(24)14-5-8-15(9-6-14)23-19(25)21-12-10-16-7-4-13-3-2-11-20-17(13)22-16/h4-9H,2-3,10-12H2,1H3,(H,20,22)(H2,21,23,25). The number of nitrogens with one attached hydrogen (secondary N) is 3. The number of fused-ring (bicyclic) bond motifs is 1. The van der Waals surface area contributed by atoms with Gasteiger partial charge in [-0.25, -0.2) is 14.6 Å². The van der Waals surface area contributed by atoms with Crippen LogP contribution in [0.2, 0.25) is 0 Å². The molecule has 1 aliphatic heterocycles. The fraction of sp³-hybridized carbons (Fsp3) is 0.316. The number of rotatable bonds is 5. The molecule has 0 radical (unpaired) electrons. The van der Waals surface area contributed by atoms with E-state index in [9.17, 15) is 9.59 Å². The Hall–Kier alpha value is -3.09. The lowest BCUT2D eigenvalue weighted by Gasteiger charge is -2.17. The van der Waals surface area contributed by atoms with Crippen LogP contribution in [0.5, 0.6) is 0 Å². The van der Waals surface area contributed by atoms with Crippen LogP contribution in [0.3, 0.4) is 0 Å². The minimum Gasteiger partial charge on any atom is -0.465 e. The number of amides is 2. The maximum Gasteiger partial charge on any atom is 0.337 e. The Morgan fingerprint density at radius 2 is 2.00 bits per heavy atom. The van der Waals surface area contributed by atoms with Crippen LogP contribution in [0.25, 0.3) is 0 Å². The molecule has 26 heavy (non-hydrogen) atoms. The van der Waals surface area contributed by atoms with Crippen LogP contribution < -0.4 is 16.0 Å². The maximum atomic E-state index is 12.0. The molecule has 1 aromatic heterocycles. The molecule has 1 aliphatic rings. The molecule has 0 bridgehead atoms. The Morgan fingerprint density at radius 1 is 1.19 bits per heavy atom. The maximum absolute atomic E-state index is 12.0. The highest BCUT2D eigenvalue weighted by molar-refractivity contribution is 5.92. The van der Waals surface area contributed by atoms with Gasteiger partial charge >= 0.3 is 12.0 Å². The van der Waals surface area contributed by atoms with Crippen molar-refractivity contribution in [2.75, 3.05) is 30.8 Å². The normalized spacial score (nSPS) is 12.5. The van der Waals surface area contributed by atoms with Crippen molar-refractivity contribution in [3.8, 4) is 0 Å². The second-order valence-corrected chi connectivity index (χ2v) is 6.04. The van der Waals surface area contributed by atoms with E-state index in [-0.39, 0.29) is 6.03 Å². The van der Waals surface area contributed by atoms with Gasteiger partial charge < -0.3 is 20.7 Å². The van der Waals surface area contributed by atoms with E-state index in [1.807, 2.05) is 6.07 Å². The summed E-state index contributed by atoms with van der Waals surface area (Å²) in [4.78, 5) is 27.9. The molecule has 0 atom stereocenters. The molecule has 3 N–H and O–H groups in total. The smallest absolute Gasteiger partial charge is 0.337 e. The van der Waals surface area contributed by atoms with Gasteiger partial charge in [-0.3, -0.25) is 0 Å². The summed E-state index contributed by atoms with van der Waals surface area (Å²) in [6.07, 6.45) is 2.85. The number of pyridine rings is 1. The van der Waals surface area contributed by atoms with Crippen LogP contribution in [0.1, 0.15) is 28.0 Å². The number of carbonyl (C=O) groups is 2. The average molecular weight is 354 g/mol. The Bertz CT molecular complexity index is 790. The third-order valence-electron chi connectivity index (χ3n) is 4.18. The largest absolute Gasteiger partial charge is 0.465 e. The number of anilines is 2. The van der Waals surface area contributed by atoms with Crippen molar-refractivity contribution in [1.29, 1.82) is 0 Å². The van der Waals surface area contributed by atoms with Crippen LogP contribution in [-0.2, 0) is 17.6 Å². The first kappa shape index (κ1) is 17.7. The third kappa shape index (κ3) is 4.50. The Morgan fingerprint density at radius 3 is 2.77 bits per heavy atom. The number of ether oxygens (including phenoxy) is 1. The third-order valence-corrected chi connectivity index (χ3v) is 4.18. The van der Waals surface area contributed by atoms with Crippen LogP contribution in [-0.4, -0.2) is 37.2 Å². The zero-order valence-corrected chi connectivity index (χ0v) is 14.7. The number of benzene rings is 1. The molecule has 0 spiro atoms. The van der Waals surface area contributed by atoms with E-state index in [1.54, 1.807) is 24.3 Å². The second kappa shape index (κ2) is 8.33. The molecule has 2 heterocycles. The van der Waals surface area contributed by atoms with Gasteiger partial charge in [0.1, 0.15) is 5.82 Å². The number of carbonyl (C=O) groups excluding carboxylic acids is 2. The summed E-state index contributed by atoms with van der Waals surface area (Å²) >= 11 is 0. The number of esters is 1. The summed E-state index contributed by atoms with van der Waals surface area (Å²) < 4.78 is 4.64. The highest BCUT2D eigenvalue weighted by Gasteiger charge is 2.10. The molecule has 0 unspecified atom stereocenters. The molecule has 7 nitrogen and oxygen atoms in total. The molecule has 7 heteroatoms. The van der Waals surface area contributed by atoms with Gasteiger partial charge in [-0.15, -0.1) is 0 Å². The van der Waals surface area contributed by atoms with E-state index in [2.05, 4.69) is 31.7 Å². The molecule has 1 aromatic carbocycles. The van der Waals surface area contributed by atoms with Gasteiger partial charge in [0.05, 0.1) is 12.7 Å². The van der Waals surface area contributed by atoms with Crippen molar-refractivity contribution in [1.82, 2.24) is 10.3 Å². The van der Waals surface area contributed by atoms with Gasteiger partial charge in [0.2, 0.25) is 0 Å². The fourth-order valence-electron chi connectivity index (χ4n) is 2.79. The van der Waals surface area contributed by atoms with Crippen molar-refractivity contribution in [3.05, 3.63) is 53.2 Å². The predicted molar refractivity (Wildman–Crippen MR) is 99.6 cm³/mol. The molecular formula is C19H22N4O3. The average Bonchev–Trinajstić information content (AvgIpc) is 2.68. The first-order chi connectivity index (χ1) is 12.7. The lowest BCUT2D eigenvalue weighted by Crippen LogP contribution is -2.30. The molecule has 0 aliphatic carbocycles. The number of urea groups is 1. The molecule has 2 aromatic rings. The minimum atomic E-state index is -0.409. The summed E-state index contributed by atoms with van der Waals surface area (Å²) in [6.45, 7) is 1.44. The Kier molecular flexibility index (Phi) is 5.68. The van der Waals surface area contributed by atoms with Crippen LogP contribution in [0, 0.1) is 0 Å². The van der Waals surface area contributed by atoms with Crippen molar-refractivity contribution in [3.63, 3.8) is 0 Å². The SMILES string of the molecule is COC(=O)c1ccc(NC(=O)NCCc2ccc3c(n2)NCCC3)cc1. The number of aromatic nitrogens is 1. The first-order valence-electron chi connectivity index (χ1n) is 8.61. The van der Waals surface area contributed by atoms with E-state index in [1.165, 1.54) is 12.7 Å². The molecule has 0 saturated heterocycles. The zero-order valence-electron chi connectivity index (χ0n) is 14.7. The Balaban J connectivity index is 1.46. The molecule has 136 valence electrons. The minimum absolute atomic E-state index is 0.299. The number of nitrogens with zero attached hydrogens (tertiary/aromatic N) is 1. The van der Waals surface area contributed by atoms with Crippen molar-refractivity contribution in [2.45, 2.75) is 19.3 Å². The van der Waals surface area contributed by atoms with Crippen molar-refractivity contribution >= 4 is 23.5 Å². The van der Waals surface area contributed by atoms with Gasteiger partial charge in [-0.05, 0) is 48.7 Å². The van der Waals surface area contributed by atoms with Gasteiger partial charge in [-0.2, -0.15) is 0 Å². The summed E-state index contributed by atoms with van der Waals surface area (Å²) in [6, 6.07) is 10.3.